The number of aromatic nitrogens is 1. The Bertz CT molecular complexity index is 901. The Morgan fingerprint density at radius 1 is 1.25 bits per heavy atom. The smallest absolute Gasteiger partial charge is 0.238 e. The Labute approximate surface area is 165 Å². The molecular weight excluding hydrogens is 358 g/mol. The van der Waals surface area contributed by atoms with E-state index in [1.165, 1.54) is 6.92 Å². The Kier molecular flexibility index (Phi) is 6.75. The Morgan fingerprint density at radius 3 is 2.50 bits per heavy atom. The lowest BCUT2D eigenvalue weighted by atomic mass is 10.0. The quantitative estimate of drug-likeness (QED) is 0.682. The summed E-state index contributed by atoms with van der Waals surface area (Å²) in [5.74, 6) is 0.168. The summed E-state index contributed by atoms with van der Waals surface area (Å²) in [6, 6.07) is 6.53. The molecule has 2 rings (SSSR count). The summed E-state index contributed by atoms with van der Waals surface area (Å²) in [4.78, 5) is 41.7. The van der Waals surface area contributed by atoms with Crippen LogP contribution in [-0.2, 0) is 4.79 Å². The van der Waals surface area contributed by atoms with Crippen molar-refractivity contribution in [2.45, 2.75) is 33.7 Å². The minimum Gasteiger partial charge on any atom is -0.497 e. The molecule has 2 N–H and O–H groups in total. The fraction of sp³-hybridized carbons (Fsp3) is 0.381. The van der Waals surface area contributed by atoms with Crippen LogP contribution < -0.4 is 10.1 Å². The molecule has 1 atom stereocenters. The molecule has 0 radical (unpaired) electrons. The third-order valence-corrected chi connectivity index (χ3v) is 4.82. The van der Waals surface area contributed by atoms with Crippen molar-refractivity contribution in [2.75, 3.05) is 26.0 Å². The average molecular weight is 385 g/mol. The van der Waals surface area contributed by atoms with Crippen LogP contribution in [0.4, 0.5) is 5.69 Å². The number of aryl methyl sites for hydroxylation is 1. The number of anilines is 1. The maximum absolute atomic E-state index is 12.9. The number of hydrogen-bond acceptors (Lipinski definition) is 5. The highest BCUT2D eigenvalue weighted by molar-refractivity contribution is 6.05. The van der Waals surface area contributed by atoms with Gasteiger partial charge < -0.3 is 15.0 Å². The van der Waals surface area contributed by atoms with Crippen LogP contribution in [0.3, 0.4) is 0 Å². The summed E-state index contributed by atoms with van der Waals surface area (Å²) in [6.45, 7) is 6.80. The zero-order valence-corrected chi connectivity index (χ0v) is 17.2. The van der Waals surface area contributed by atoms with E-state index in [1.807, 2.05) is 0 Å². The maximum Gasteiger partial charge on any atom is 0.238 e. The van der Waals surface area contributed by atoms with Crippen molar-refractivity contribution < 1.29 is 19.1 Å². The predicted octanol–water partition coefficient (Wildman–Crippen LogP) is 2.98. The number of hydrogen-bond donors (Lipinski definition) is 2. The second kappa shape index (κ2) is 8.84. The molecule has 0 fully saturated rings. The molecule has 0 saturated carbocycles. The first-order valence-corrected chi connectivity index (χ1v) is 9.04. The molecule has 0 aliphatic rings. The van der Waals surface area contributed by atoms with Crippen molar-refractivity contribution in [3.63, 3.8) is 0 Å². The SMILES string of the molecule is COc1cccc(NC(=O)CN(C)C(C)C(=O)c2[nH]c(C)c(C(C)=O)c2C)c1. The lowest BCUT2D eigenvalue weighted by molar-refractivity contribution is -0.117. The monoisotopic (exact) mass is 385 g/mol. The van der Waals surface area contributed by atoms with Crippen LogP contribution in [0.2, 0.25) is 0 Å². The van der Waals surface area contributed by atoms with Gasteiger partial charge in [0, 0.05) is 23.0 Å². The number of nitrogens with zero attached hydrogens (tertiary/aromatic N) is 1. The number of carbonyl (C=O) groups excluding carboxylic acids is 3. The second-order valence-corrected chi connectivity index (χ2v) is 6.92. The number of H-pyrrole nitrogens is 1. The summed E-state index contributed by atoms with van der Waals surface area (Å²) >= 11 is 0. The fourth-order valence-corrected chi connectivity index (χ4v) is 3.20. The van der Waals surface area contributed by atoms with Gasteiger partial charge in [0.2, 0.25) is 5.91 Å². The normalized spacial score (nSPS) is 12.0. The number of rotatable bonds is 8. The molecule has 1 unspecified atom stereocenters. The third-order valence-electron chi connectivity index (χ3n) is 4.82. The van der Waals surface area contributed by atoms with Gasteiger partial charge in [0.1, 0.15) is 5.75 Å². The largest absolute Gasteiger partial charge is 0.497 e. The minimum atomic E-state index is -0.535. The molecule has 7 nitrogen and oxygen atoms in total. The third kappa shape index (κ3) is 4.67. The van der Waals surface area contributed by atoms with Crippen molar-refractivity contribution in [1.29, 1.82) is 0 Å². The fourth-order valence-electron chi connectivity index (χ4n) is 3.20. The number of methoxy groups -OCH3 is 1. The van der Waals surface area contributed by atoms with Crippen LogP contribution in [0.1, 0.15) is 46.0 Å². The van der Waals surface area contributed by atoms with Crippen molar-refractivity contribution >= 4 is 23.2 Å². The number of aromatic amines is 1. The number of carbonyl (C=O) groups is 3. The van der Waals surface area contributed by atoms with Crippen molar-refractivity contribution in [3.8, 4) is 5.75 Å². The summed E-state index contributed by atoms with van der Waals surface area (Å²) in [7, 11) is 3.27. The Hall–Kier alpha value is -2.93. The van der Waals surface area contributed by atoms with Gasteiger partial charge in [-0.25, -0.2) is 0 Å². The predicted molar refractivity (Wildman–Crippen MR) is 108 cm³/mol. The number of likely N-dealkylation sites (N-methyl/N-ethyl adjacent to an activating group) is 1. The molecular formula is C21H27N3O4. The second-order valence-electron chi connectivity index (χ2n) is 6.92. The lowest BCUT2D eigenvalue weighted by Gasteiger charge is -2.23. The molecule has 0 aliphatic carbocycles. The van der Waals surface area contributed by atoms with Gasteiger partial charge in [0.05, 0.1) is 25.4 Å². The lowest BCUT2D eigenvalue weighted by Crippen LogP contribution is -2.41. The molecule has 1 heterocycles. The van der Waals surface area contributed by atoms with Crippen LogP contribution >= 0.6 is 0 Å². The van der Waals surface area contributed by atoms with E-state index < -0.39 is 6.04 Å². The maximum atomic E-state index is 12.9. The Morgan fingerprint density at radius 2 is 1.93 bits per heavy atom. The van der Waals surface area contributed by atoms with E-state index in [2.05, 4.69) is 10.3 Å². The van der Waals surface area contributed by atoms with Gasteiger partial charge in [-0.05, 0) is 52.4 Å². The molecule has 2 aromatic rings. The van der Waals surface area contributed by atoms with Gasteiger partial charge in [-0.15, -0.1) is 0 Å². The van der Waals surface area contributed by atoms with E-state index in [1.54, 1.807) is 64.1 Å². The standard InChI is InChI=1S/C21H27N3O4/c1-12-19(15(4)25)13(2)22-20(12)21(27)14(3)24(5)11-18(26)23-16-8-7-9-17(10-16)28-6/h7-10,14,22H,11H2,1-6H3,(H,23,26). The molecule has 0 spiro atoms. The van der Waals surface area contributed by atoms with Gasteiger partial charge in [-0.3, -0.25) is 19.3 Å². The molecule has 0 aliphatic heterocycles. The zero-order valence-electron chi connectivity index (χ0n) is 17.2. The number of Topliss-reactive ketones (excluding diaryl/α,β-unsaturated/α-hetero) is 2. The summed E-state index contributed by atoms with van der Waals surface area (Å²) < 4.78 is 5.14. The number of amides is 1. The molecule has 1 amide bonds. The van der Waals surface area contributed by atoms with E-state index in [0.29, 0.717) is 34.0 Å². The van der Waals surface area contributed by atoms with Crippen molar-refractivity contribution in [3.05, 3.63) is 46.8 Å². The van der Waals surface area contributed by atoms with Crippen LogP contribution in [0.15, 0.2) is 24.3 Å². The van der Waals surface area contributed by atoms with E-state index in [-0.39, 0.29) is 24.0 Å². The molecule has 7 heteroatoms. The van der Waals surface area contributed by atoms with Crippen molar-refractivity contribution in [2.24, 2.45) is 0 Å². The first-order chi connectivity index (χ1) is 13.1. The van der Waals surface area contributed by atoms with Crippen LogP contribution in [0.25, 0.3) is 0 Å². The molecule has 0 bridgehead atoms. The molecule has 1 aromatic carbocycles. The van der Waals surface area contributed by atoms with Crippen molar-refractivity contribution in [1.82, 2.24) is 9.88 Å². The number of nitrogens with one attached hydrogen (secondary N) is 2. The number of benzene rings is 1. The van der Waals surface area contributed by atoms with Crippen LogP contribution in [-0.4, -0.2) is 54.1 Å². The molecule has 28 heavy (non-hydrogen) atoms. The van der Waals surface area contributed by atoms with Gasteiger partial charge in [0.15, 0.2) is 11.6 Å². The van der Waals surface area contributed by atoms with Gasteiger partial charge >= 0.3 is 0 Å². The van der Waals surface area contributed by atoms with E-state index >= 15 is 0 Å². The van der Waals surface area contributed by atoms with E-state index in [4.69, 9.17) is 4.74 Å². The molecule has 150 valence electrons. The van der Waals surface area contributed by atoms with Crippen LogP contribution in [0, 0.1) is 13.8 Å². The van der Waals surface area contributed by atoms with E-state index in [9.17, 15) is 14.4 Å². The van der Waals surface area contributed by atoms with Crippen LogP contribution in [0.5, 0.6) is 5.75 Å². The minimum absolute atomic E-state index is 0.0441. The molecule has 0 saturated heterocycles. The van der Waals surface area contributed by atoms with E-state index in [0.717, 1.165) is 0 Å². The average Bonchev–Trinajstić information content (AvgIpc) is 2.94. The number of ketones is 2. The summed E-state index contributed by atoms with van der Waals surface area (Å²) in [6.07, 6.45) is 0. The highest BCUT2D eigenvalue weighted by atomic mass is 16.5. The first kappa shape index (κ1) is 21.4. The summed E-state index contributed by atoms with van der Waals surface area (Å²) in [5, 5.41) is 2.80. The number of ether oxygens (including phenoxy) is 1. The molecule has 1 aromatic heterocycles. The first-order valence-electron chi connectivity index (χ1n) is 9.04. The summed E-state index contributed by atoms with van der Waals surface area (Å²) in [5.41, 5.74) is 2.91. The zero-order chi connectivity index (χ0) is 21.0. The van der Waals surface area contributed by atoms with Gasteiger partial charge in [-0.1, -0.05) is 6.07 Å². The highest BCUT2D eigenvalue weighted by Gasteiger charge is 2.26. The van der Waals surface area contributed by atoms with Gasteiger partial charge in [0.25, 0.3) is 0 Å². The Balaban J connectivity index is 2.06. The highest BCUT2D eigenvalue weighted by Crippen LogP contribution is 2.21. The van der Waals surface area contributed by atoms with Gasteiger partial charge in [-0.2, -0.15) is 0 Å². The topological polar surface area (TPSA) is 91.5 Å².